The van der Waals surface area contributed by atoms with Crippen molar-refractivity contribution >= 4 is 11.9 Å². The fraction of sp³-hybridized carbons (Fsp3) is 0.765. The molecule has 0 unspecified atom stereocenters. The zero-order chi connectivity index (χ0) is 30.3. The molecule has 9 nitrogen and oxygen atoms in total. The molecule has 43 heavy (non-hydrogen) atoms. The van der Waals surface area contributed by atoms with Crippen LogP contribution in [0.25, 0.3) is 0 Å². The number of nitrogens with zero attached hydrogens (tertiary/aromatic N) is 1. The molecule has 9 heteroatoms. The molecule has 1 spiro atoms. The molecular weight excluding hydrogens is 550 g/mol. The Morgan fingerprint density at radius 2 is 1.79 bits per heavy atom. The summed E-state index contributed by atoms with van der Waals surface area (Å²) in [7, 11) is 7.05. The van der Waals surface area contributed by atoms with E-state index >= 15 is 0 Å². The molecule has 236 valence electrons. The Labute approximate surface area is 254 Å². The van der Waals surface area contributed by atoms with E-state index in [-0.39, 0.29) is 70.8 Å². The summed E-state index contributed by atoms with van der Waals surface area (Å²) in [5, 5.41) is 0. The van der Waals surface area contributed by atoms with Gasteiger partial charge in [-0.05, 0) is 68.3 Å². The van der Waals surface area contributed by atoms with Crippen LogP contribution in [-0.2, 0) is 28.5 Å². The van der Waals surface area contributed by atoms with Gasteiger partial charge in [-0.3, -0.25) is 9.69 Å². The predicted octanol–water partition coefficient (Wildman–Crippen LogP) is 3.98. The number of fused-ring (bicyclic) bond motifs is 2. The number of benzene rings is 1. The van der Waals surface area contributed by atoms with Crippen LogP contribution in [0.2, 0.25) is 0 Å². The van der Waals surface area contributed by atoms with Crippen molar-refractivity contribution in [3.05, 3.63) is 29.8 Å². The third-order valence-electron chi connectivity index (χ3n) is 13.0. The topological polar surface area (TPSA) is 92.8 Å². The standard InChI is InChI=1S/C34H47NO8/c1-7-35-17-32(18-38-3)13-12-27(41-6)34-23-14-22-25(40-5)16-33(24(30(34)35)15-26(32)34,28(23)29(22)42-19(2)36)43-31(37)20-8-10-21(39-4)11-9-20/h8-11,22-30H,7,12-18H2,1-6H3/t22-,23-,24+,25+,26-,27+,28-,29+,30-,32+,33+,34-/m1/s1. The normalized spacial score (nSPS) is 45.5. The average Bonchev–Trinajstić information content (AvgIpc) is 3.44. The molecule has 12 atom stereocenters. The second-order valence-corrected chi connectivity index (χ2v) is 14.1. The average molecular weight is 598 g/mol. The first-order valence-electron chi connectivity index (χ1n) is 16.1. The lowest BCUT2D eigenvalue weighted by Crippen LogP contribution is -2.77. The Hall–Kier alpha value is -2.20. The van der Waals surface area contributed by atoms with Crippen molar-refractivity contribution in [2.75, 3.05) is 48.1 Å². The third kappa shape index (κ3) is 3.77. The van der Waals surface area contributed by atoms with Crippen molar-refractivity contribution in [1.29, 1.82) is 0 Å². The molecule has 1 aromatic carbocycles. The summed E-state index contributed by atoms with van der Waals surface area (Å²) in [6.07, 6.45) is 3.94. The number of carbonyl (C=O) groups excluding carboxylic acids is 2. The van der Waals surface area contributed by atoms with E-state index in [1.165, 1.54) is 6.92 Å². The number of ether oxygens (including phenoxy) is 6. The minimum Gasteiger partial charge on any atom is -0.497 e. The Balaban J connectivity index is 1.43. The van der Waals surface area contributed by atoms with E-state index in [1.54, 1.807) is 38.5 Å². The first-order valence-corrected chi connectivity index (χ1v) is 16.1. The number of hydrogen-bond acceptors (Lipinski definition) is 9. The summed E-state index contributed by atoms with van der Waals surface area (Å²) < 4.78 is 37.3. The number of methoxy groups -OCH3 is 4. The molecule has 0 aromatic heterocycles. The maximum Gasteiger partial charge on any atom is 0.338 e. The lowest BCUT2D eigenvalue weighted by molar-refractivity contribution is -0.276. The van der Waals surface area contributed by atoms with E-state index in [0.29, 0.717) is 30.3 Å². The molecule has 1 saturated heterocycles. The molecule has 0 N–H and O–H groups in total. The van der Waals surface area contributed by atoms with Gasteiger partial charge in [0.05, 0.1) is 31.5 Å². The van der Waals surface area contributed by atoms with Crippen LogP contribution >= 0.6 is 0 Å². The summed E-state index contributed by atoms with van der Waals surface area (Å²) in [6, 6.07) is 7.31. The lowest BCUT2D eigenvalue weighted by atomic mass is 9.43. The van der Waals surface area contributed by atoms with Crippen LogP contribution in [0, 0.1) is 40.4 Å². The van der Waals surface area contributed by atoms with Gasteiger partial charge >= 0.3 is 11.9 Å². The Kier molecular flexibility index (Phi) is 7.16. The van der Waals surface area contributed by atoms with Gasteiger partial charge in [0.15, 0.2) is 0 Å². The second kappa shape index (κ2) is 10.4. The largest absolute Gasteiger partial charge is 0.497 e. The molecule has 7 rings (SSSR count). The van der Waals surface area contributed by atoms with Gasteiger partial charge in [-0.25, -0.2) is 4.79 Å². The summed E-state index contributed by atoms with van der Waals surface area (Å²) in [6.45, 7) is 6.33. The molecular formula is C34H47NO8. The lowest BCUT2D eigenvalue weighted by Gasteiger charge is -2.69. The maximum absolute atomic E-state index is 14.2. The van der Waals surface area contributed by atoms with E-state index in [2.05, 4.69) is 11.8 Å². The molecule has 1 aromatic rings. The molecule has 1 aliphatic heterocycles. The van der Waals surface area contributed by atoms with Crippen LogP contribution in [0.1, 0.15) is 56.3 Å². The van der Waals surface area contributed by atoms with Crippen molar-refractivity contribution < 1.29 is 38.0 Å². The second-order valence-electron chi connectivity index (χ2n) is 14.1. The van der Waals surface area contributed by atoms with E-state index in [4.69, 9.17) is 28.4 Å². The van der Waals surface area contributed by atoms with Gasteiger partial charge in [0.1, 0.15) is 17.5 Å². The van der Waals surface area contributed by atoms with Crippen LogP contribution in [0.5, 0.6) is 5.75 Å². The summed E-state index contributed by atoms with van der Waals surface area (Å²) in [4.78, 5) is 29.5. The molecule has 7 bridgehead atoms. The van der Waals surface area contributed by atoms with Crippen LogP contribution in [0.4, 0.5) is 0 Å². The Morgan fingerprint density at radius 1 is 1.02 bits per heavy atom. The summed E-state index contributed by atoms with van der Waals surface area (Å²) >= 11 is 0. The fourth-order valence-corrected chi connectivity index (χ4v) is 12.1. The van der Waals surface area contributed by atoms with E-state index < -0.39 is 5.60 Å². The van der Waals surface area contributed by atoms with Gasteiger partial charge in [-0.15, -0.1) is 0 Å². The van der Waals surface area contributed by atoms with Gasteiger partial charge < -0.3 is 28.4 Å². The molecule has 6 fully saturated rings. The summed E-state index contributed by atoms with van der Waals surface area (Å²) in [5.74, 6) is 0.508. The Bertz CT molecular complexity index is 1260. The number of rotatable bonds is 9. The highest BCUT2D eigenvalue weighted by Gasteiger charge is 2.85. The van der Waals surface area contributed by atoms with Crippen LogP contribution in [0.3, 0.4) is 0 Å². The first-order chi connectivity index (χ1) is 20.7. The smallest absolute Gasteiger partial charge is 0.338 e. The fourth-order valence-electron chi connectivity index (χ4n) is 12.1. The van der Waals surface area contributed by atoms with Gasteiger partial charge in [0.25, 0.3) is 0 Å². The van der Waals surface area contributed by atoms with Crippen LogP contribution in [0.15, 0.2) is 24.3 Å². The van der Waals surface area contributed by atoms with Crippen molar-refractivity contribution in [3.63, 3.8) is 0 Å². The van der Waals surface area contributed by atoms with Gasteiger partial charge in [-0.1, -0.05) is 6.92 Å². The number of esters is 2. The predicted molar refractivity (Wildman–Crippen MR) is 157 cm³/mol. The molecule has 1 heterocycles. The zero-order valence-corrected chi connectivity index (χ0v) is 26.4. The Morgan fingerprint density at radius 3 is 2.42 bits per heavy atom. The monoisotopic (exact) mass is 597 g/mol. The molecule has 6 aliphatic rings. The van der Waals surface area contributed by atoms with Gasteiger partial charge in [0, 0.05) is 75.8 Å². The first kappa shape index (κ1) is 29.5. The number of hydrogen-bond donors (Lipinski definition) is 0. The van der Waals surface area contributed by atoms with Crippen LogP contribution in [-0.4, -0.2) is 94.9 Å². The maximum atomic E-state index is 14.2. The summed E-state index contributed by atoms with van der Waals surface area (Å²) in [5.41, 5.74) is -0.512. The van der Waals surface area contributed by atoms with Gasteiger partial charge in [-0.2, -0.15) is 0 Å². The highest BCUT2D eigenvalue weighted by atomic mass is 16.6. The van der Waals surface area contributed by atoms with E-state index in [0.717, 1.165) is 38.8 Å². The zero-order valence-electron chi connectivity index (χ0n) is 26.4. The highest BCUT2D eigenvalue weighted by Crippen LogP contribution is 2.80. The van der Waals surface area contributed by atoms with Crippen molar-refractivity contribution in [2.24, 2.45) is 40.4 Å². The number of piperidine rings is 1. The molecule has 0 amide bonds. The van der Waals surface area contributed by atoms with Crippen molar-refractivity contribution in [1.82, 2.24) is 4.90 Å². The quantitative estimate of drug-likeness (QED) is 0.392. The molecule has 5 aliphatic carbocycles. The van der Waals surface area contributed by atoms with E-state index in [9.17, 15) is 9.59 Å². The minimum absolute atomic E-state index is 0.000529. The third-order valence-corrected chi connectivity index (χ3v) is 13.0. The van der Waals surface area contributed by atoms with E-state index in [1.807, 2.05) is 14.2 Å². The molecule has 5 saturated carbocycles. The van der Waals surface area contributed by atoms with Gasteiger partial charge in [0.2, 0.25) is 0 Å². The number of carbonyl (C=O) groups is 2. The highest BCUT2D eigenvalue weighted by molar-refractivity contribution is 5.90. The van der Waals surface area contributed by atoms with Crippen molar-refractivity contribution in [3.8, 4) is 5.75 Å². The minimum atomic E-state index is -0.850. The van der Waals surface area contributed by atoms with Crippen LogP contribution < -0.4 is 4.74 Å². The number of likely N-dealkylation sites (tertiary alicyclic amines) is 1. The van der Waals surface area contributed by atoms with Crippen molar-refractivity contribution in [2.45, 2.75) is 75.9 Å². The molecule has 0 radical (unpaired) electrons. The SMILES string of the molecule is CCN1C[C@]2(COC)CC[C@H](OC)[C@@]34[C@@H]5C[C@H]6[C@H](OC(C)=O)[C@@H]5[C@](OC(=O)c5ccc(OC)cc5)(C[C@@H]6OC)[C@@H](C[C@H]23)[C@@H]14.